The Bertz CT molecular complexity index is 2080. The molecular weight excluding hydrogens is 841 g/mol. The predicted octanol–water partition coefficient (Wildman–Crippen LogP) is 8.18. The molecule has 0 nitrogen and oxygen atoms in total. The van der Waals surface area contributed by atoms with E-state index in [9.17, 15) is 26.3 Å². The van der Waals surface area contributed by atoms with Crippen molar-refractivity contribution < 1.29 is 72.4 Å². The second-order valence-electron chi connectivity index (χ2n) is 18.0. The molecule has 1 atom stereocenters. The van der Waals surface area contributed by atoms with Crippen LogP contribution in [0.3, 0.4) is 0 Å². The second kappa shape index (κ2) is 16.1. The van der Waals surface area contributed by atoms with E-state index in [2.05, 4.69) is 118 Å². The van der Waals surface area contributed by atoms with Gasteiger partial charge in [-0.05, 0) is 0 Å². The molecule has 0 aromatic heterocycles. The zero-order valence-electron chi connectivity index (χ0n) is 33.6. The molecule has 1 unspecified atom stereocenters. The molecule has 0 bridgehead atoms. The van der Waals surface area contributed by atoms with Crippen molar-refractivity contribution in [3.05, 3.63) is 150 Å². The maximum Gasteiger partial charge on any atom is -1.00 e. The van der Waals surface area contributed by atoms with Crippen LogP contribution in [0.4, 0.5) is 26.3 Å². The molecule has 0 fully saturated rings. The maximum atomic E-state index is 14.5. The summed E-state index contributed by atoms with van der Waals surface area (Å²) in [5.74, 6) is 0.00400. The van der Waals surface area contributed by atoms with Crippen LogP contribution in [0.15, 0.2) is 106 Å². The molecule has 2 aliphatic rings. The van der Waals surface area contributed by atoms with Crippen LogP contribution in [0.5, 0.6) is 0 Å². The minimum atomic E-state index is -4.63. The summed E-state index contributed by atoms with van der Waals surface area (Å²) in [5, 5.41) is 0. The Hall–Kier alpha value is -2.73. The first kappa shape index (κ1) is 46.0. The molecule has 2 aliphatic carbocycles. The van der Waals surface area contributed by atoms with Crippen molar-refractivity contribution in [2.75, 3.05) is 0 Å². The zero-order valence-corrected chi connectivity index (χ0v) is 37.6. The van der Waals surface area contributed by atoms with Crippen LogP contribution >= 0.6 is 0 Å². The normalized spacial score (nSPS) is 15.8. The smallest absolute Gasteiger partial charge is 1.00 e. The molecule has 0 amide bonds. The Kier molecular flexibility index (Phi) is 13.2. The molecule has 9 heteroatoms. The van der Waals surface area contributed by atoms with E-state index in [0.29, 0.717) is 14.3 Å². The molecule has 0 radical (unpaired) electrons. The number of fused-ring (bicyclic) bond motifs is 3. The van der Waals surface area contributed by atoms with Gasteiger partial charge in [0.2, 0.25) is 0 Å². The third-order valence-electron chi connectivity index (χ3n) is 11.0. The fourth-order valence-corrected chi connectivity index (χ4v) is 17.5. The summed E-state index contributed by atoms with van der Waals surface area (Å²) in [6, 6.07) is 23.8. The molecule has 0 aliphatic heterocycles. The zero-order chi connectivity index (χ0) is 39.8. The topological polar surface area (TPSA) is 0 Å². The number of halogens is 8. The van der Waals surface area contributed by atoms with Crippen molar-refractivity contribution in [3.63, 3.8) is 0 Å². The van der Waals surface area contributed by atoms with Crippen LogP contribution in [0, 0.1) is 11.3 Å². The van der Waals surface area contributed by atoms with E-state index in [-0.39, 0.29) is 50.6 Å². The van der Waals surface area contributed by atoms with Crippen LogP contribution in [0.2, 0.25) is 0 Å². The van der Waals surface area contributed by atoms with Crippen molar-refractivity contribution in [1.82, 2.24) is 0 Å². The predicted molar refractivity (Wildman–Crippen MR) is 207 cm³/mol. The Balaban J connectivity index is 0.00000348. The van der Waals surface area contributed by atoms with Crippen molar-refractivity contribution in [2.24, 2.45) is 11.3 Å². The third-order valence-corrected chi connectivity index (χ3v) is 19.5. The summed E-state index contributed by atoms with van der Waals surface area (Å²) in [7, 11) is 0. The molecule has 0 heterocycles. The van der Waals surface area contributed by atoms with Crippen LogP contribution < -0.4 is 24.8 Å². The van der Waals surface area contributed by atoms with Crippen LogP contribution in [-0.2, 0) is 44.4 Å². The molecular formula is C47H50Cl2F6Zr. The van der Waals surface area contributed by atoms with E-state index in [1.54, 1.807) is 12.1 Å². The van der Waals surface area contributed by atoms with Gasteiger partial charge in [-0.2, -0.15) is 0 Å². The summed E-state index contributed by atoms with van der Waals surface area (Å²) < 4.78 is 88.6. The van der Waals surface area contributed by atoms with Gasteiger partial charge in [0.05, 0.1) is 0 Å². The van der Waals surface area contributed by atoms with E-state index >= 15 is 0 Å². The first-order valence-electron chi connectivity index (χ1n) is 18.7. The first-order valence-corrected chi connectivity index (χ1v) is 22.6. The Morgan fingerprint density at radius 3 is 1.34 bits per heavy atom. The van der Waals surface area contributed by atoms with Gasteiger partial charge in [0, 0.05) is 0 Å². The Morgan fingerprint density at radius 1 is 0.554 bits per heavy atom. The fourth-order valence-electron chi connectivity index (χ4n) is 7.85. The maximum absolute atomic E-state index is 14.5. The minimum Gasteiger partial charge on any atom is -1.00 e. The standard InChI is InChI=1S/C21H25.C15H8F6.C11H17.2ClH.Zr/c1-20(2,3)16-7-9-18-14(12-16)11-15-13-17(21(4,5)6)8-10-19(15)18;16-14(17,18)12-5-1-3-10(8-12)7-11-4-2-6-13(9-11)15(19,20)21;1-5-9-6-7-10(8-9)11(2,3)4;;;/h7-13H,1-6H3;1-6,8-9H;7-9H,5H2,1-4H3;2*1H;/q;;;;;+2/p-2. The van der Waals surface area contributed by atoms with Gasteiger partial charge in [-0.3, -0.25) is 0 Å². The van der Waals surface area contributed by atoms with Gasteiger partial charge < -0.3 is 24.8 Å². The summed E-state index contributed by atoms with van der Waals surface area (Å²) in [5.41, 5.74) is 6.30. The number of rotatable bonds is 5. The minimum absolute atomic E-state index is 0. The van der Waals surface area contributed by atoms with E-state index in [1.165, 1.54) is 27.5 Å². The van der Waals surface area contributed by atoms with Crippen molar-refractivity contribution in [2.45, 2.75) is 102 Å². The summed E-state index contributed by atoms with van der Waals surface area (Å²) in [6.45, 7) is 21.6. The molecule has 56 heavy (non-hydrogen) atoms. The number of hydrogen-bond acceptors (Lipinski definition) is 0. The van der Waals surface area contributed by atoms with Gasteiger partial charge in [0.25, 0.3) is 0 Å². The first-order chi connectivity index (χ1) is 24.9. The Morgan fingerprint density at radius 2 is 0.982 bits per heavy atom. The molecule has 298 valence electrons. The molecule has 6 rings (SSSR count). The van der Waals surface area contributed by atoms with Gasteiger partial charge in [0.15, 0.2) is 0 Å². The largest absolute Gasteiger partial charge is 1.00 e. The molecule has 0 N–H and O–H groups in total. The van der Waals surface area contributed by atoms with Gasteiger partial charge in [-0.15, -0.1) is 0 Å². The van der Waals surface area contributed by atoms with Crippen molar-refractivity contribution >= 4 is 3.21 Å². The average Bonchev–Trinajstić information content (AvgIpc) is 3.65. The SMILES string of the molecule is CCC1C=C(C(C)(C)C)C=[C]1[Zr+2](=[C](c1cccc(C(F)(F)F)c1)c1cccc(C(F)(F)F)c1)[CH]1c2cc(C(C)(C)C)ccc2-c2ccc(C(C)(C)C)cc21.[Cl-].[Cl-]. The van der Waals surface area contributed by atoms with E-state index in [0.717, 1.165) is 57.5 Å². The number of allylic oxidation sites excluding steroid dienone is 4. The number of benzene rings is 4. The van der Waals surface area contributed by atoms with Gasteiger partial charge in [0.1, 0.15) is 0 Å². The molecule has 0 saturated heterocycles. The Labute approximate surface area is 348 Å². The summed E-state index contributed by atoms with van der Waals surface area (Å²) in [4.78, 5) is 0. The van der Waals surface area contributed by atoms with Crippen LogP contribution in [0.25, 0.3) is 11.1 Å². The molecule has 0 saturated carbocycles. The second-order valence-corrected chi connectivity index (χ2v) is 24.1. The molecule has 0 spiro atoms. The summed E-state index contributed by atoms with van der Waals surface area (Å²) >= 11 is -3.81. The van der Waals surface area contributed by atoms with Gasteiger partial charge in [-0.25, -0.2) is 0 Å². The van der Waals surface area contributed by atoms with E-state index < -0.39 is 44.7 Å². The quantitative estimate of drug-likeness (QED) is 0.178. The summed E-state index contributed by atoms with van der Waals surface area (Å²) in [6.07, 6.45) is -3.91. The fraction of sp³-hybridized carbons (Fsp3) is 0.383. The molecule has 4 aromatic carbocycles. The monoisotopic (exact) mass is 888 g/mol. The van der Waals surface area contributed by atoms with Crippen molar-refractivity contribution in [1.29, 1.82) is 0 Å². The van der Waals surface area contributed by atoms with Gasteiger partial charge in [-0.1, -0.05) is 0 Å². The van der Waals surface area contributed by atoms with E-state index in [4.69, 9.17) is 0 Å². The van der Waals surface area contributed by atoms with E-state index in [1.807, 2.05) is 0 Å². The average molecular weight is 891 g/mol. The number of alkyl halides is 6. The van der Waals surface area contributed by atoms with Crippen LogP contribution in [-0.4, -0.2) is 3.21 Å². The third kappa shape index (κ3) is 9.11. The molecule has 4 aromatic rings. The van der Waals surface area contributed by atoms with Crippen molar-refractivity contribution in [3.8, 4) is 11.1 Å². The van der Waals surface area contributed by atoms with Gasteiger partial charge >= 0.3 is 326 Å². The number of hydrogen-bond donors (Lipinski definition) is 0. The van der Waals surface area contributed by atoms with Crippen LogP contribution in [0.1, 0.15) is 124 Å².